The maximum atomic E-state index is 5.50. The fraction of sp³-hybridized carbons (Fsp3) is 0.385. The van der Waals surface area contributed by atoms with Crippen molar-refractivity contribution in [2.75, 3.05) is 6.61 Å². The van der Waals surface area contributed by atoms with Crippen LogP contribution in [0.4, 0.5) is 0 Å². The zero-order chi connectivity index (χ0) is 13.1. The highest BCUT2D eigenvalue weighted by Crippen LogP contribution is 2.22. The predicted octanol–water partition coefficient (Wildman–Crippen LogP) is 2.94. The third-order valence-corrected chi connectivity index (χ3v) is 3.51. The van der Waals surface area contributed by atoms with Gasteiger partial charge in [-0.15, -0.1) is 5.10 Å². The Morgan fingerprint density at radius 3 is 2.83 bits per heavy atom. The summed E-state index contributed by atoms with van der Waals surface area (Å²) in [5.41, 5.74) is 2.09. The van der Waals surface area contributed by atoms with Gasteiger partial charge in [-0.1, -0.05) is 11.3 Å². The molecule has 0 N–H and O–H groups in total. The molecule has 0 unspecified atom stereocenters. The molecule has 0 amide bonds. The van der Waals surface area contributed by atoms with Gasteiger partial charge < -0.3 is 9.30 Å². The Morgan fingerprint density at radius 1 is 1.39 bits per heavy atom. The monoisotopic (exact) mass is 263 g/mol. The molecule has 0 aliphatic carbocycles. The van der Waals surface area contributed by atoms with E-state index >= 15 is 0 Å². The molecule has 96 valence electrons. The van der Waals surface area contributed by atoms with E-state index in [4.69, 9.17) is 4.74 Å². The lowest BCUT2D eigenvalue weighted by molar-refractivity contribution is 0.341. The van der Waals surface area contributed by atoms with Crippen molar-refractivity contribution in [3.63, 3.8) is 0 Å². The molecule has 0 radical (unpaired) electrons. The van der Waals surface area contributed by atoms with Gasteiger partial charge >= 0.3 is 0 Å². The molecule has 0 atom stereocenters. The molecule has 0 saturated carbocycles. The highest BCUT2D eigenvalue weighted by Gasteiger charge is 2.04. The minimum absolute atomic E-state index is 0.680. The zero-order valence-electron chi connectivity index (χ0n) is 11.1. The van der Waals surface area contributed by atoms with Gasteiger partial charge in [0.15, 0.2) is 0 Å². The summed E-state index contributed by atoms with van der Waals surface area (Å²) in [7, 11) is 2.00. The molecule has 4 nitrogen and oxygen atoms in total. The van der Waals surface area contributed by atoms with Crippen LogP contribution >= 0.6 is 11.3 Å². The van der Waals surface area contributed by atoms with E-state index in [0.29, 0.717) is 6.61 Å². The highest BCUT2D eigenvalue weighted by atomic mass is 32.1. The van der Waals surface area contributed by atoms with Gasteiger partial charge in [0.2, 0.25) is 4.80 Å². The molecule has 0 bridgehead atoms. The van der Waals surface area contributed by atoms with Crippen LogP contribution in [0.15, 0.2) is 28.4 Å². The van der Waals surface area contributed by atoms with Crippen LogP contribution in [0.2, 0.25) is 0 Å². The van der Waals surface area contributed by atoms with Crippen LogP contribution in [0, 0.1) is 0 Å². The van der Waals surface area contributed by atoms with E-state index in [1.807, 2.05) is 44.5 Å². The van der Waals surface area contributed by atoms with Crippen LogP contribution in [0.3, 0.4) is 0 Å². The first-order chi connectivity index (χ1) is 8.61. The molecular weight excluding hydrogens is 246 g/mol. The van der Waals surface area contributed by atoms with E-state index in [9.17, 15) is 0 Å². The molecule has 0 aliphatic heterocycles. The summed E-state index contributed by atoms with van der Waals surface area (Å²) in [5.74, 6) is 0.897. The number of nitrogens with zero attached hydrogens (tertiary/aromatic N) is 3. The quantitative estimate of drug-likeness (QED) is 0.620. The summed E-state index contributed by atoms with van der Waals surface area (Å²) in [4.78, 5) is 0.889. The summed E-state index contributed by atoms with van der Waals surface area (Å²) in [6.45, 7) is 6.53. The fourth-order valence-corrected chi connectivity index (χ4v) is 2.61. The zero-order valence-corrected chi connectivity index (χ0v) is 11.9. The number of benzene rings is 1. The van der Waals surface area contributed by atoms with E-state index in [0.717, 1.165) is 26.5 Å². The van der Waals surface area contributed by atoms with Gasteiger partial charge in [-0.3, -0.25) is 0 Å². The molecular formula is C13H17N3OS. The van der Waals surface area contributed by atoms with Crippen LogP contribution in [0.1, 0.15) is 20.8 Å². The lowest BCUT2D eigenvalue weighted by Crippen LogP contribution is -2.09. The normalized spacial score (nSPS) is 11.9. The van der Waals surface area contributed by atoms with Gasteiger partial charge in [-0.2, -0.15) is 5.10 Å². The molecule has 0 saturated heterocycles. The molecule has 0 aliphatic rings. The van der Waals surface area contributed by atoms with Crippen molar-refractivity contribution in [2.45, 2.75) is 20.8 Å². The lowest BCUT2D eigenvalue weighted by Gasteiger charge is -2.02. The topological polar surface area (TPSA) is 38.9 Å². The molecule has 1 aromatic carbocycles. The number of thiazole rings is 1. The standard InChI is InChI=1S/C13H17N3OS/c1-5-17-10-6-7-11-12(8-10)18-13(16(11)4)15-14-9(2)3/h6-8H,5H2,1-4H3/b15-13+. The van der Waals surface area contributed by atoms with Crippen molar-refractivity contribution in [1.82, 2.24) is 4.57 Å². The Morgan fingerprint density at radius 2 is 2.17 bits per heavy atom. The van der Waals surface area contributed by atoms with Gasteiger partial charge in [0, 0.05) is 12.8 Å². The van der Waals surface area contributed by atoms with Gasteiger partial charge in [0.25, 0.3) is 0 Å². The minimum Gasteiger partial charge on any atom is -0.494 e. The average Bonchev–Trinajstić information content (AvgIpc) is 2.64. The smallest absolute Gasteiger partial charge is 0.211 e. The first-order valence-corrected chi connectivity index (χ1v) is 6.70. The van der Waals surface area contributed by atoms with E-state index in [1.165, 1.54) is 0 Å². The number of rotatable bonds is 3. The number of aromatic nitrogens is 1. The first kappa shape index (κ1) is 12.8. The SMILES string of the molecule is CCOc1ccc2c(c1)s/c(=N/N=C(C)C)n2C. The summed E-state index contributed by atoms with van der Waals surface area (Å²) < 4.78 is 8.70. The third-order valence-electron chi connectivity index (χ3n) is 2.43. The van der Waals surface area contributed by atoms with Crippen molar-refractivity contribution in [2.24, 2.45) is 17.3 Å². The maximum absolute atomic E-state index is 5.50. The molecule has 2 aromatic rings. The second kappa shape index (κ2) is 5.35. The lowest BCUT2D eigenvalue weighted by atomic mass is 10.3. The van der Waals surface area contributed by atoms with Crippen molar-refractivity contribution in [3.8, 4) is 5.75 Å². The Bertz CT molecular complexity index is 648. The van der Waals surface area contributed by atoms with Crippen LogP contribution in [0.25, 0.3) is 10.2 Å². The Labute approximate surface area is 110 Å². The number of hydrogen-bond acceptors (Lipinski definition) is 4. The van der Waals surface area contributed by atoms with Crippen LogP contribution < -0.4 is 9.54 Å². The molecule has 18 heavy (non-hydrogen) atoms. The van der Waals surface area contributed by atoms with Crippen LogP contribution in [-0.2, 0) is 7.05 Å². The average molecular weight is 263 g/mol. The van der Waals surface area contributed by atoms with E-state index in [2.05, 4.69) is 16.3 Å². The fourth-order valence-electron chi connectivity index (χ4n) is 1.61. The van der Waals surface area contributed by atoms with E-state index in [-0.39, 0.29) is 0 Å². The summed E-state index contributed by atoms with van der Waals surface area (Å²) >= 11 is 1.62. The first-order valence-electron chi connectivity index (χ1n) is 5.89. The van der Waals surface area contributed by atoms with Crippen LogP contribution in [0.5, 0.6) is 5.75 Å². The van der Waals surface area contributed by atoms with Crippen molar-refractivity contribution >= 4 is 27.3 Å². The second-order valence-corrected chi connectivity index (χ2v) is 5.16. The second-order valence-electron chi connectivity index (χ2n) is 4.15. The molecule has 1 heterocycles. The summed E-state index contributed by atoms with van der Waals surface area (Å²) in [5, 5.41) is 8.36. The van der Waals surface area contributed by atoms with E-state index < -0.39 is 0 Å². The summed E-state index contributed by atoms with van der Waals surface area (Å²) in [6.07, 6.45) is 0. The number of ether oxygens (including phenoxy) is 1. The van der Waals surface area contributed by atoms with Gasteiger partial charge in [-0.05, 0) is 39.0 Å². The molecule has 1 aromatic heterocycles. The predicted molar refractivity (Wildman–Crippen MR) is 76.3 cm³/mol. The summed E-state index contributed by atoms with van der Waals surface area (Å²) in [6, 6.07) is 6.08. The minimum atomic E-state index is 0.680. The van der Waals surface area contributed by atoms with Gasteiger partial charge in [0.1, 0.15) is 5.75 Å². The number of fused-ring (bicyclic) bond motifs is 1. The third kappa shape index (κ3) is 2.61. The highest BCUT2D eigenvalue weighted by molar-refractivity contribution is 7.16. The van der Waals surface area contributed by atoms with Crippen molar-refractivity contribution < 1.29 is 4.74 Å². The van der Waals surface area contributed by atoms with E-state index in [1.54, 1.807) is 11.3 Å². The molecule has 5 heteroatoms. The largest absolute Gasteiger partial charge is 0.494 e. The Hall–Kier alpha value is -1.62. The maximum Gasteiger partial charge on any atom is 0.211 e. The Balaban J connectivity index is 2.55. The molecule has 0 spiro atoms. The molecule has 2 rings (SSSR count). The van der Waals surface area contributed by atoms with Gasteiger partial charge in [-0.25, -0.2) is 0 Å². The van der Waals surface area contributed by atoms with Crippen molar-refractivity contribution in [3.05, 3.63) is 23.0 Å². The van der Waals surface area contributed by atoms with Crippen molar-refractivity contribution in [1.29, 1.82) is 0 Å². The Kier molecular flexibility index (Phi) is 3.81. The number of aryl methyl sites for hydroxylation is 1. The molecule has 0 fully saturated rings. The van der Waals surface area contributed by atoms with Crippen LogP contribution in [-0.4, -0.2) is 16.9 Å². The number of hydrogen-bond donors (Lipinski definition) is 0. The van der Waals surface area contributed by atoms with Gasteiger partial charge in [0.05, 0.1) is 16.8 Å².